The lowest BCUT2D eigenvalue weighted by atomic mass is 9.93. The van der Waals surface area contributed by atoms with Gasteiger partial charge in [0, 0.05) is 14.0 Å². The molecule has 1 amide bonds. The van der Waals surface area contributed by atoms with Crippen molar-refractivity contribution in [2.45, 2.75) is 39.0 Å². The number of carbonyl (C=O) groups excluding carboxylic acids is 1. The minimum atomic E-state index is -0.726. The Morgan fingerprint density at radius 2 is 2.00 bits per heavy atom. The van der Waals surface area contributed by atoms with E-state index in [-0.39, 0.29) is 11.4 Å². The van der Waals surface area contributed by atoms with Crippen LogP contribution >= 0.6 is 12.2 Å². The van der Waals surface area contributed by atoms with E-state index in [1.807, 2.05) is 20.8 Å². The minimum Gasteiger partial charge on any atom is -0.356 e. The van der Waals surface area contributed by atoms with Crippen molar-refractivity contribution in [1.82, 2.24) is 10.2 Å². The van der Waals surface area contributed by atoms with Gasteiger partial charge in [-0.1, -0.05) is 0 Å². The molecule has 1 N–H and O–H groups in total. The molecule has 0 aromatic carbocycles. The van der Waals surface area contributed by atoms with Crippen molar-refractivity contribution in [1.29, 1.82) is 0 Å². The van der Waals surface area contributed by atoms with Crippen molar-refractivity contribution < 1.29 is 9.53 Å². The molecule has 0 aliphatic carbocycles. The SMILES string of the molecule is COC1(C)N(C(C)=O)C(=S)NC1(C)C. The number of carbonyl (C=O) groups is 1. The van der Waals surface area contributed by atoms with Crippen molar-refractivity contribution in [3.8, 4) is 0 Å². The van der Waals surface area contributed by atoms with E-state index in [0.29, 0.717) is 5.11 Å². The number of thiocarbonyl (C=S) groups is 1. The second-order valence-electron chi connectivity index (χ2n) is 4.10. The molecule has 80 valence electrons. The lowest BCUT2D eigenvalue weighted by molar-refractivity contribution is -0.153. The van der Waals surface area contributed by atoms with E-state index in [2.05, 4.69) is 5.32 Å². The first-order valence-electron chi connectivity index (χ1n) is 4.44. The first-order valence-corrected chi connectivity index (χ1v) is 4.85. The highest BCUT2D eigenvalue weighted by Gasteiger charge is 2.55. The van der Waals surface area contributed by atoms with Crippen LogP contribution in [0.2, 0.25) is 0 Å². The van der Waals surface area contributed by atoms with Gasteiger partial charge < -0.3 is 10.1 Å². The fourth-order valence-corrected chi connectivity index (χ4v) is 2.26. The van der Waals surface area contributed by atoms with Gasteiger partial charge in [-0.3, -0.25) is 9.69 Å². The molecule has 1 unspecified atom stereocenters. The minimum absolute atomic E-state index is 0.113. The molecule has 4 nitrogen and oxygen atoms in total. The zero-order valence-corrected chi connectivity index (χ0v) is 9.99. The number of amides is 1. The molecule has 1 atom stereocenters. The van der Waals surface area contributed by atoms with Gasteiger partial charge in [-0.15, -0.1) is 0 Å². The van der Waals surface area contributed by atoms with Gasteiger partial charge in [-0.05, 0) is 33.0 Å². The van der Waals surface area contributed by atoms with E-state index < -0.39 is 5.72 Å². The molecule has 0 spiro atoms. The summed E-state index contributed by atoms with van der Waals surface area (Å²) in [7, 11) is 1.58. The van der Waals surface area contributed by atoms with Gasteiger partial charge in [-0.25, -0.2) is 0 Å². The van der Waals surface area contributed by atoms with E-state index in [9.17, 15) is 4.79 Å². The lowest BCUT2D eigenvalue weighted by Gasteiger charge is -2.39. The summed E-state index contributed by atoms with van der Waals surface area (Å²) in [4.78, 5) is 12.9. The molecule has 1 fully saturated rings. The topological polar surface area (TPSA) is 41.6 Å². The number of hydrogen-bond acceptors (Lipinski definition) is 3. The zero-order chi connectivity index (χ0) is 11.1. The van der Waals surface area contributed by atoms with E-state index >= 15 is 0 Å². The predicted molar refractivity (Wildman–Crippen MR) is 57.7 cm³/mol. The summed E-state index contributed by atoms with van der Waals surface area (Å²) in [6.45, 7) is 7.23. The Balaban J connectivity index is 3.18. The van der Waals surface area contributed by atoms with Gasteiger partial charge in [0.2, 0.25) is 5.91 Å². The van der Waals surface area contributed by atoms with Crippen LogP contribution in [-0.2, 0) is 9.53 Å². The molecule has 0 aromatic heterocycles. The predicted octanol–water partition coefficient (Wildman–Crippen LogP) is 0.864. The van der Waals surface area contributed by atoms with Gasteiger partial charge in [0.25, 0.3) is 0 Å². The van der Waals surface area contributed by atoms with Crippen molar-refractivity contribution >= 4 is 23.2 Å². The lowest BCUT2D eigenvalue weighted by Crippen LogP contribution is -2.57. The number of nitrogens with zero attached hydrogens (tertiary/aromatic N) is 1. The highest BCUT2D eigenvalue weighted by atomic mass is 32.1. The molecule has 5 heteroatoms. The van der Waals surface area contributed by atoms with Crippen LogP contribution in [0.5, 0.6) is 0 Å². The average Bonchev–Trinajstić information content (AvgIpc) is 2.18. The van der Waals surface area contributed by atoms with Crippen LogP contribution in [-0.4, -0.2) is 34.3 Å². The maximum absolute atomic E-state index is 11.4. The van der Waals surface area contributed by atoms with Gasteiger partial charge in [0.05, 0.1) is 5.54 Å². The first kappa shape index (κ1) is 11.4. The van der Waals surface area contributed by atoms with Crippen LogP contribution in [0, 0.1) is 0 Å². The largest absolute Gasteiger partial charge is 0.356 e. The number of ether oxygens (including phenoxy) is 1. The smallest absolute Gasteiger partial charge is 0.228 e. The molecule has 0 aromatic rings. The number of methoxy groups -OCH3 is 1. The second kappa shape index (κ2) is 3.17. The molecule has 0 saturated carbocycles. The Morgan fingerprint density at radius 1 is 1.50 bits per heavy atom. The van der Waals surface area contributed by atoms with Crippen molar-refractivity contribution in [3.63, 3.8) is 0 Å². The van der Waals surface area contributed by atoms with Crippen LogP contribution in [0.4, 0.5) is 0 Å². The van der Waals surface area contributed by atoms with Gasteiger partial charge in [-0.2, -0.15) is 0 Å². The van der Waals surface area contributed by atoms with Crippen LogP contribution in [0.25, 0.3) is 0 Å². The fraction of sp³-hybridized carbons (Fsp3) is 0.778. The molecule has 1 saturated heterocycles. The molecule has 0 radical (unpaired) electrons. The number of rotatable bonds is 1. The van der Waals surface area contributed by atoms with E-state index in [1.165, 1.54) is 11.8 Å². The Labute approximate surface area is 89.6 Å². The Morgan fingerprint density at radius 3 is 2.29 bits per heavy atom. The summed E-state index contributed by atoms with van der Waals surface area (Å²) in [5.74, 6) is -0.113. The molecule has 1 heterocycles. The maximum Gasteiger partial charge on any atom is 0.228 e. The molecule has 0 bridgehead atoms. The van der Waals surface area contributed by atoms with E-state index in [1.54, 1.807) is 7.11 Å². The highest BCUT2D eigenvalue weighted by Crippen LogP contribution is 2.34. The summed E-state index contributed by atoms with van der Waals surface area (Å²) in [6.07, 6.45) is 0. The zero-order valence-electron chi connectivity index (χ0n) is 9.17. The third-order valence-corrected chi connectivity index (χ3v) is 3.21. The molecular weight excluding hydrogens is 200 g/mol. The Bertz CT molecular complexity index is 291. The molecule has 1 aliphatic rings. The summed E-state index contributed by atoms with van der Waals surface area (Å²) >= 11 is 5.09. The quantitative estimate of drug-likeness (QED) is 0.660. The van der Waals surface area contributed by atoms with Gasteiger partial charge >= 0.3 is 0 Å². The van der Waals surface area contributed by atoms with Crippen LogP contribution < -0.4 is 5.32 Å². The Hall–Kier alpha value is -0.680. The number of nitrogens with one attached hydrogen (secondary N) is 1. The number of hydrogen-bond donors (Lipinski definition) is 1. The van der Waals surface area contributed by atoms with Crippen LogP contribution in [0.1, 0.15) is 27.7 Å². The summed E-state index contributed by atoms with van der Waals surface area (Å²) in [5.41, 5.74) is -1.11. The third kappa shape index (κ3) is 1.31. The van der Waals surface area contributed by atoms with Crippen molar-refractivity contribution in [2.24, 2.45) is 0 Å². The highest BCUT2D eigenvalue weighted by molar-refractivity contribution is 7.80. The van der Waals surface area contributed by atoms with Crippen molar-refractivity contribution in [2.75, 3.05) is 7.11 Å². The molecule has 1 rings (SSSR count). The Kier molecular flexibility index (Phi) is 2.58. The summed E-state index contributed by atoms with van der Waals surface area (Å²) in [5, 5.41) is 3.50. The fourth-order valence-electron chi connectivity index (χ4n) is 1.70. The monoisotopic (exact) mass is 216 g/mol. The molecule has 14 heavy (non-hydrogen) atoms. The normalized spacial score (nSPS) is 30.4. The van der Waals surface area contributed by atoms with E-state index in [0.717, 1.165) is 0 Å². The van der Waals surface area contributed by atoms with Gasteiger partial charge in [0.1, 0.15) is 0 Å². The van der Waals surface area contributed by atoms with Gasteiger partial charge in [0.15, 0.2) is 10.8 Å². The summed E-state index contributed by atoms with van der Waals surface area (Å²) in [6, 6.07) is 0. The maximum atomic E-state index is 11.4. The van der Waals surface area contributed by atoms with Crippen LogP contribution in [0.3, 0.4) is 0 Å². The standard InChI is InChI=1S/C9H16N2O2S/c1-6(12)11-7(14)10-8(2,3)9(11,4)13-5/h1-5H3,(H,10,14). The molecular formula is C9H16N2O2S. The van der Waals surface area contributed by atoms with E-state index in [4.69, 9.17) is 17.0 Å². The third-order valence-electron chi connectivity index (χ3n) is 2.92. The first-order chi connectivity index (χ1) is 6.26. The average molecular weight is 216 g/mol. The second-order valence-corrected chi connectivity index (χ2v) is 4.48. The molecule has 1 aliphatic heterocycles. The summed E-state index contributed by atoms with van der Waals surface area (Å²) < 4.78 is 5.41. The van der Waals surface area contributed by atoms with Crippen molar-refractivity contribution in [3.05, 3.63) is 0 Å². The van der Waals surface area contributed by atoms with Crippen LogP contribution in [0.15, 0.2) is 0 Å².